The van der Waals surface area contributed by atoms with E-state index < -0.39 is 0 Å². The lowest BCUT2D eigenvalue weighted by Crippen LogP contribution is -2.42. The van der Waals surface area contributed by atoms with Gasteiger partial charge >= 0.3 is 0 Å². The Bertz CT molecular complexity index is 930. The van der Waals surface area contributed by atoms with E-state index in [0.717, 1.165) is 30.4 Å². The van der Waals surface area contributed by atoms with Gasteiger partial charge in [-0.15, -0.1) is 0 Å². The van der Waals surface area contributed by atoms with Crippen LogP contribution in [0, 0.1) is 26.7 Å². The maximum atomic E-state index is 13.0. The number of benzene rings is 2. The Balaban J connectivity index is 1.37. The fourth-order valence-corrected chi connectivity index (χ4v) is 4.11. The lowest BCUT2D eigenvalue weighted by atomic mass is 9.80. The minimum Gasteiger partial charge on any atom is -0.493 e. The molecule has 3 atom stereocenters. The van der Waals surface area contributed by atoms with Crippen molar-refractivity contribution in [2.75, 3.05) is 0 Å². The number of rotatable bonds is 5. The second-order valence-corrected chi connectivity index (χ2v) is 8.23. The number of carbonyl (C=O) groups excluding carboxylic acids is 1. The molecule has 0 spiro atoms. The highest BCUT2D eigenvalue weighted by atomic mass is 16.5. The van der Waals surface area contributed by atoms with Gasteiger partial charge in [0.1, 0.15) is 18.1 Å². The van der Waals surface area contributed by atoms with Crippen LogP contribution >= 0.6 is 0 Å². The van der Waals surface area contributed by atoms with Crippen molar-refractivity contribution in [2.24, 2.45) is 5.92 Å². The van der Waals surface area contributed by atoms with Crippen LogP contribution in [0.25, 0.3) is 0 Å². The highest BCUT2D eigenvalue weighted by molar-refractivity contribution is 5.96. The molecular formula is C25H28O4. The molecule has 2 aromatic carbocycles. The lowest BCUT2D eigenvalue weighted by Gasteiger charge is -2.37. The summed E-state index contributed by atoms with van der Waals surface area (Å²) in [6.07, 6.45) is 3.82. The van der Waals surface area contributed by atoms with Gasteiger partial charge in [-0.25, -0.2) is 0 Å². The Hall–Kier alpha value is -2.59. The second-order valence-electron chi connectivity index (χ2n) is 8.23. The molecule has 1 saturated carbocycles. The number of carbonyl (C=O) groups is 1. The van der Waals surface area contributed by atoms with Crippen molar-refractivity contribution in [3.8, 4) is 5.75 Å². The van der Waals surface area contributed by atoms with E-state index >= 15 is 0 Å². The minimum absolute atomic E-state index is 0.0410. The Kier molecular flexibility index (Phi) is 5.72. The van der Waals surface area contributed by atoms with E-state index in [9.17, 15) is 4.79 Å². The van der Waals surface area contributed by atoms with E-state index in [1.54, 1.807) is 0 Å². The van der Waals surface area contributed by atoms with E-state index in [4.69, 9.17) is 14.2 Å². The van der Waals surface area contributed by atoms with Gasteiger partial charge in [0.25, 0.3) is 0 Å². The fourth-order valence-electron chi connectivity index (χ4n) is 4.11. The zero-order valence-corrected chi connectivity index (χ0v) is 17.3. The van der Waals surface area contributed by atoms with Crippen LogP contribution in [0.2, 0.25) is 0 Å². The molecule has 0 aromatic heterocycles. The van der Waals surface area contributed by atoms with Gasteiger partial charge in [-0.1, -0.05) is 42.0 Å². The molecule has 152 valence electrons. The van der Waals surface area contributed by atoms with Gasteiger partial charge in [-0.2, -0.15) is 0 Å². The third kappa shape index (κ3) is 4.54. The van der Waals surface area contributed by atoms with Crippen molar-refractivity contribution in [3.63, 3.8) is 0 Å². The molecule has 1 fully saturated rings. The lowest BCUT2D eigenvalue weighted by molar-refractivity contribution is -0.134. The summed E-state index contributed by atoms with van der Waals surface area (Å²) >= 11 is 0. The molecule has 1 aliphatic heterocycles. The minimum atomic E-state index is -0.154. The van der Waals surface area contributed by atoms with Gasteiger partial charge in [0, 0.05) is 6.42 Å². The summed E-state index contributed by atoms with van der Waals surface area (Å²) in [5.74, 6) is 0.902. The first-order valence-electron chi connectivity index (χ1n) is 10.3. The molecule has 0 amide bonds. The van der Waals surface area contributed by atoms with Gasteiger partial charge in [-0.05, 0) is 56.4 Å². The van der Waals surface area contributed by atoms with Crippen molar-refractivity contribution < 1.29 is 19.0 Å². The Morgan fingerprint density at radius 2 is 1.86 bits per heavy atom. The summed E-state index contributed by atoms with van der Waals surface area (Å²) in [5.41, 5.74) is 4.51. The van der Waals surface area contributed by atoms with Crippen LogP contribution in [0.1, 0.15) is 41.5 Å². The number of hydrogen-bond donors (Lipinski definition) is 0. The molecule has 1 aliphatic carbocycles. The molecular weight excluding hydrogens is 364 g/mol. The van der Waals surface area contributed by atoms with Crippen LogP contribution in [0.5, 0.6) is 5.75 Å². The van der Waals surface area contributed by atoms with E-state index in [1.807, 2.05) is 32.0 Å². The van der Waals surface area contributed by atoms with Crippen LogP contribution in [-0.4, -0.2) is 18.0 Å². The predicted molar refractivity (Wildman–Crippen MR) is 112 cm³/mol. The first-order valence-corrected chi connectivity index (χ1v) is 10.3. The van der Waals surface area contributed by atoms with E-state index in [-0.39, 0.29) is 23.9 Å². The SMILES string of the molecule is Cc1cccc(COC2CCC3C(=O)C(Oc4cc(C)ccc4C)=COC3C2)c1. The second kappa shape index (κ2) is 8.42. The number of fused-ring (bicyclic) bond motifs is 1. The maximum Gasteiger partial charge on any atom is 0.207 e. The van der Waals surface area contributed by atoms with Crippen LogP contribution < -0.4 is 4.74 Å². The van der Waals surface area contributed by atoms with Crippen molar-refractivity contribution in [1.82, 2.24) is 0 Å². The van der Waals surface area contributed by atoms with E-state index in [0.29, 0.717) is 18.1 Å². The third-order valence-corrected chi connectivity index (χ3v) is 5.80. The van der Waals surface area contributed by atoms with Gasteiger partial charge in [0.2, 0.25) is 11.5 Å². The summed E-state index contributed by atoms with van der Waals surface area (Å²) in [7, 11) is 0. The molecule has 0 N–H and O–H groups in total. The standard InChI is InChI=1S/C25H28O4/c1-16-5-4-6-19(11-16)14-27-20-9-10-21-23(13-20)28-15-24(25(21)26)29-22-12-17(2)7-8-18(22)3/h4-8,11-12,15,20-21,23H,9-10,13-14H2,1-3H3. The number of hydrogen-bond acceptors (Lipinski definition) is 4. The summed E-state index contributed by atoms with van der Waals surface area (Å²) < 4.78 is 18.0. The molecule has 4 rings (SSSR count). The predicted octanol–water partition coefficient (Wildman–Crippen LogP) is 5.19. The number of ketones is 1. The molecule has 0 bridgehead atoms. The average molecular weight is 392 g/mol. The van der Waals surface area contributed by atoms with Crippen molar-refractivity contribution in [2.45, 2.75) is 58.8 Å². The molecule has 4 heteroatoms. The average Bonchev–Trinajstić information content (AvgIpc) is 2.71. The number of ether oxygens (including phenoxy) is 3. The van der Waals surface area contributed by atoms with Crippen LogP contribution in [0.15, 0.2) is 54.5 Å². The van der Waals surface area contributed by atoms with Gasteiger partial charge in [-0.3, -0.25) is 4.79 Å². The number of allylic oxidation sites excluding steroid dienone is 1. The zero-order chi connectivity index (χ0) is 20.4. The summed E-state index contributed by atoms with van der Waals surface area (Å²) in [6.45, 7) is 6.66. The van der Waals surface area contributed by atoms with Crippen molar-refractivity contribution in [1.29, 1.82) is 0 Å². The van der Waals surface area contributed by atoms with Crippen molar-refractivity contribution >= 4 is 5.78 Å². The summed E-state index contributed by atoms with van der Waals surface area (Å²) in [5, 5.41) is 0. The molecule has 2 aromatic rings. The monoisotopic (exact) mass is 392 g/mol. The molecule has 0 saturated heterocycles. The molecule has 0 radical (unpaired) electrons. The molecule has 3 unspecified atom stereocenters. The first-order chi connectivity index (χ1) is 14.0. The maximum absolute atomic E-state index is 13.0. The van der Waals surface area contributed by atoms with Crippen LogP contribution in [0.4, 0.5) is 0 Å². The fraction of sp³-hybridized carbons (Fsp3) is 0.400. The van der Waals surface area contributed by atoms with Crippen LogP contribution in [-0.2, 0) is 20.9 Å². The Morgan fingerprint density at radius 3 is 2.69 bits per heavy atom. The molecule has 2 aliphatic rings. The highest BCUT2D eigenvalue weighted by Crippen LogP contribution is 2.35. The zero-order valence-electron chi connectivity index (χ0n) is 17.3. The highest BCUT2D eigenvalue weighted by Gasteiger charge is 2.41. The quantitative estimate of drug-likeness (QED) is 0.703. The van der Waals surface area contributed by atoms with Gasteiger partial charge in [0.05, 0.1) is 18.6 Å². The number of aryl methyl sites for hydroxylation is 3. The topological polar surface area (TPSA) is 44.8 Å². The summed E-state index contributed by atoms with van der Waals surface area (Å²) in [6, 6.07) is 14.3. The van der Waals surface area contributed by atoms with Gasteiger partial charge in [0.15, 0.2) is 0 Å². The largest absolute Gasteiger partial charge is 0.493 e. The first kappa shape index (κ1) is 19.7. The smallest absolute Gasteiger partial charge is 0.207 e. The number of Topliss-reactive ketones (excluding diaryl/α,β-unsaturated/α-hetero) is 1. The van der Waals surface area contributed by atoms with E-state index in [2.05, 4.69) is 31.2 Å². The molecule has 29 heavy (non-hydrogen) atoms. The molecule has 4 nitrogen and oxygen atoms in total. The van der Waals surface area contributed by atoms with Crippen LogP contribution in [0.3, 0.4) is 0 Å². The summed E-state index contributed by atoms with van der Waals surface area (Å²) in [4.78, 5) is 13.0. The van der Waals surface area contributed by atoms with Crippen molar-refractivity contribution in [3.05, 3.63) is 76.7 Å². The normalized spacial score (nSPS) is 23.8. The Morgan fingerprint density at radius 1 is 1.03 bits per heavy atom. The molecule has 1 heterocycles. The third-order valence-electron chi connectivity index (χ3n) is 5.80. The Labute approximate surface area is 172 Å². The van der Waals surface area contributed by atoms with Gasteiger partial charge < -0.3 is 14.2 Å². The van der Waals surface area contributed by atoms with E-state index in [1.165, 1.54) is 17.4 Å².